The van der Waals surface area contributed by atoms with Gasteiger partial charge in [0.25, 0.3) is 0 Å². The van der Waals surface area contributed by atoms with Gasteiger partial charge in [0.05, 0.1) is 24.1 Å². The van der Waals surface area contributed by atoms with E-state index in [2.05, 4.69) is 42.5 Å². The zero-order valence-corrected chi connectivity index (χ0v) is 10.6. The monoisotopic (exact) mass is 233 g/mol. The van der Waals surface area contributed by atoms with Crippen molar-refractivity contribution in [2.75, 3.05) is 5.32 Å². The summed E-state index contributed by atoms with van der Waals surface area (Å²) in [5.41, 5.74) is 2.24. The van der Waals surface area contributed by atoms with Crippen LogP contribution in [0.25, 0.3) is 0 Å². The molecular weight excluding hydrogens is 214 g/mol. The average Bonchev–Trinajstić information content (AvgIpc) is 2.96. The highest BCUT2D eigenvalue weighted by Gasteiger charge is 2.08. The Kier molecular flexibility index (Phi) is 3.46. The van der Waals surface area contributed by atoms with Crippen LogP contribution in [0.2, 0.25) is 0 Å². The summed E-state index contributed by atoms with van der Waals surface area (Å²) in [4.78, 5) is 0. The summed E-state index contributed by atoms with van der Waals surface area (Å²) < 4.78 is 3.84. The van der Waals surface area contributed by atoms with Gasteiger partial charge in [-0.3, -0.25) is 9.36 Å². The minimum Gasteiger partial charge on any atom is -0.376 e. The maximum absolute atomic E-state index is 4.27. The molecule has 2 aromatic rings. The molecule has 0 aliphatic rings. The van der Waals surface area contributed by atoms with E-state index in [1.54, 1.807) is 0 Å². The lowest BCUT2D eigenvalue weighted by molar-refractivity contribution is 0.658. The smallest absolute Gasteiger partial charge is 0.0731 e. The molecule has 0 saturated heterocycles. The Balaban J connectivity index is 2.02. The van der Waals surface area contributed by atoms with E-state index in [1.807, 2.05) is 28.0 Å². The Morgan fingerprint density at radius 3 is 2.35 bits per heavy atom. The summed E-state index contributed by atoms with van der Waals surface area (Å²) in [6.07, 6.45) is 7.85. The fraction of sp³-hybridized carbons (Fsp3) is 0.500. The zero-order chi connectivity index (χ0) is 12.3. The molecule has 1 unspecified atom stereocenters. The maximum atomic E-state index is 4.27. The van der Waals surface area contributed by atoms with E-state index in [9.17, 15) is 0 Å². The molecule has 0 fully saturated rings. The van der Waals surface area contributed by atoms with E-state index in [-0.39, 0.29) is 6.04 Å². The molecule has 0 aromatic carbocycles. The average molecular weight is 233 g/mol. The molecule has 0 spiro atoms. The Labute approximate surface area is 101 Å². The Hall–Kier alpha value is -1.78. The van der Waals surface area contributed by atoms with Crippen molar-refractivity contribution < 1.29 is 0 Å². The van der Waals surface area contributed by atoms with Crippen molar-refractivity contribution in [1.82, 2.24) is 19.6 Å². The van der Waals surface area contributed by atoms with Crippen LogP contribution in [0.1, 0.15) is 32.4 Å². The first-order valence-corrected chi connectivity index (χ1v) is 6.04. The van der Waals surface area contributed by atoms with E-state index >= 15 is 0 Å². The Bertz CT molecular complexity index is 471. The van der Waals surface area contributed by atoms with Crippen molar-refractivity contribution in [2.45, 2.75) is 39.9 Å². The zero-order valence-electron chi connectivity index (χ0n) is 10.6. The summed E-state index contributed by atoms with van der Waals surface area (Å²) in [6.45, 7) is 8.08. The van der Waals surface area contributed by atoms with Gasteiger partial charge >= 0.3 is 0 Å². The van der Waals surface area contributed by atoms with Crippen molar-refractivity contribution in [3.05, 3.63) is 30.4 Å². The topological polar surface area (TPSA) is 47.7 Å². The van der Waals surface area contributed by atoms with Crippen LogP contribution in [0, 0.1) is 0 Å². The van der Waals surface area contributed by atoms with Gasteiger partial charge in [0.15, 0.2) is 0 Å². The third-order valence-electron chi connectivity index (χ3n) is 2.82. The summed E-state index contributed by atoms with van der Waals surface area (Å²) in [6, 6.07) is 0.241. The summed E-state index contributed by atoms with van der Waals surface area (Å²) in [5, 5.41) is 11.9. The van der Waals surface area contributed by atoms with E-state index in [0.29, 0.717) is 0 Å². The summed E-state index contributed by atoms with van der Waals surface area (Å²) in [5.74, 6) is 0. The van der Waals surface area contributed by atoms with Crippen LogP contribution in [0.5, 0.6) is 0 Å². The number of rotatable bonds is 5. The quantitative estimate of drug-likeness (QED) is 0.862. The van der Waals surface area contributed by atoms with Gasteiger partial charge in [-0.1, -0.05) is 0 Å². The predicted molar refractivity (Wildman–Crippen MR) is 67.8 cm³/mol. The highest BCUT2D eigenvalue weighted by Crippen LogP contribution is 2.17. The Morgan fingerprint density at radius 1 is 1.12 bits per heavy atom. The molecule has 0 aliphatic heterocycles. The van der Waals surface area contributed by atoms with E-state index in [1.165, 1.54) is 5.56 Å². The van der Waals surface area contributed by atoms with Crippen molar-refractivity contribution >= 4 is 5.69 Å². The van der Waals surface area contributed by atoms with Crippen molar-refractivity contribution in [2.24, 2.45) is 0 Å². The van der Waals surface area contributed by atoms with Gasteiger partial charge in [-0.15, -0.1) is 0 Å². The standard InChI is InChI=1S/C12H19N5/c1-4-16-8-11(6-13-16)10(3)15-12-7-14-17(5-2)9-12/h6-10,15H,4-5H2,1-3H3. The third kappa shape index (κ3) is 2.67. The van der Waals surface area contributed by atoms with Gasteiger partial charge in [0, 0.05) is 31.0 Å². The van der Waals surface area contributed by atoms with E-state index < -0.39 is 0 Å². The van der Waals surface area contributed by atoms with Crippen molar-refractivity contribution in [3.63, 3.8) is 0 Å². The molecule has 1 N–H and O–H groups in total. The van der Waals surface area contributed by atoms with Gasteiger partial charge < -0.3 is 5.32 Å². The van der Waals surface area contributed by atoms with Crippen molar-refractivity contribution in [3.8, 4) is 0 Å². The van der Waals surface area contributed by atoms with Gasteiger partial charge in [-0.2, -0.15) is 10.2 Å². The van der Waals surface area contributed by atoms with Crippen LogP contribution in [0.3, 0.4) is 0 Å². The van der Waals surface area contributed by atoms with Crippen LogP contribution < -0.4 is 5.32 Å². The van der Waals surface area contributed by atoms with Crippen LogP contribution in [0.4, 0.5) is 5.69 Å². The number of hydrogen-bond acceptors (Lipinski definition) is 3. The number of nitrogens with zero attached hydrogens (tertiary/aromatic N) is 4. The van der Waals surface area contributed by atoms with Gasteiger partial charge in [0.2, 0.25) is 0 Å². The van der Waals surface area contributed by atoms with Gasteiger partial charge in [-0.25, -0.2) is 0 Å². The third-order valence-corrected chi connectivity index (χ3v) is 2.82. The lowest BCUT2D eigenvalue weighted by atomic mass is 10.2. The summed E-state index contributed by atoms with van der Waals surface area (Å²) in [7, 11) is 0. The molecule has 0 amide bonds. The first kappa shape index (κ1) is 11.7. The second kappa shape index (κ2) is 5.03. The highest BCUT2D eigenvalue weighted by atomic mass is 15.3. The van der Waals surface area contributed by atoms with Gasteiger partial charge in [0.1, 0.15) is 0 Å². The largest absolute Gasteiger partial charge is 0.376 e. The number of aryl methyl sites for hydroxylation is 2. The van der Waals surface area contributed by atoms with Crippen LogP contribution in [-0.4, -0.2) is 19.6 Å². The van der Waals surface area contributed by atoms with Crippen LogP contribution >= 0.6 is 0 Å². The highest BCUT2D eigenvalue weighted by molar-refractivity contribution is 5.40. The molecule has 0 bridgehead atoms. The lowest BCUT2D eigenvalue weighted by Crippen LogP contribution is -2.05. The fourth-order valence-corrected chi connectivity index (χ4v) is 1.72. The van der Waals surface area contributed by atoms with Crippen LogP contribution in [-0.2, 0) is 13.1 Å². The number of aromatic nitrogens is 4. The maximum Gasteiger partial charge on any atom is 0.0731 e. The van der Waals surface area contributed by atoms with Gasteiger partial charge in [-0.05, 0) is 20.8 Å². The summed E-state index contributed by atoms with van der Waals surface area (Å²) >= 11 is 0. The first-order valence-electron chi connectivity index (χ1n) is 6.04. The molecule has 2 heterocycles. The van der Waals surface area contributed by atoms with Crippen LogP contribution in [0.15, 0.2) is 24.8 Å². The number of anilines is 1. The lowest BCUT2D eigenvalue weighted by Gasteiger charge is -2.11. The van der Waals surface area contributed by atoms with E-state index in [4.69, 9.17) is 0 Å². The SMILES string of the molecule is CCn1cc(NC(C)c2cnn(CC)c2)cn1. The van der Waals surface area contributed by atoms with Crippen molar-refractivity contribution in [1.29, 1.82) is 0 Å². The minimum atomic E-state index is 0.241. The second-order valence-corrected chi connectivity index (χ2v) is 4.08. The molecular formula is C12H19N5. The number of nitrogens with one attached hydrogen (secondary N) is 1. The molecule has 1 atom stereocenters. The molecule has 0 saturated carbocycles. The molecule has 2 aromatic heterocycles. The Morgan fingerprint density at radius 2 is 1.76 bits per heavy atom. The molecule has 0 aliphatic carbocycles. The predicted octanol–water partition coefficient (Wildman–Crippen LogP) is 2.29. The second-order valence-electron chi connectivity index (χ2n) is 4.08. The first-order chi connectivity index (χ1) is 8.22. The minimum absolute atomic E-state index is 0.241. The molecule has 17 heavy (non-hydrogen) atoms. The molecule has 5 nitrogen and oxygen atoms in total. The fourth-order valence-electron chi connectivity index (χ4n) is 1.72. The molecule has 5 heteroatoms. The normalized spacial score (nSPS) is 12.6. The number of hydrogen-bond donors (Lipinski definition) is 1. The molecule has 2 rings (SSSR count). The molecule has 92 valence electrons. The van der Waals surface area contributed by atoms with E-state index in [0.717, 1.165) is 18.8 Å². The molecule has 0 radical (unpaired) electrons.